The smallest absolute Gasteiger partial charge is 0.348 e. The standard InChI is InChI=1S/C17H16O6/c1-11(18)21-13-6-4-5-12(9-13)10-14-15(19)22-17(23-16(14)20)7-2-3-8-17/h4-6,9-10H,2-3,7-8H2,1H3. The molecule has 1 aromatic rings. The predicted octanol–water partition coefficient (Wildman–Crippen LogP) is 2.37. The van der Waals surface area contributed by atoms with Gasteiger partial charge < -0.3 is 14.2 Å². The third-order valence-electron chi connectivity index (χ3n) is 3.79. The van der Waals surface area contributed by atoms with Crippen LogP contribution in [0.5, 0.6) is 5.75 Å². The molecule has 3 rings (SSSR count). The van der Waals surface area contributed by atoms with Gasteiger partial charge >= 0.3 is 17.9 Å². The van der Waals surface area contributed by atoms with Crippen molar-refractivity contribution in [2.45, 2.75) is 38.4 Å². The first kappa shape index (κ1) is 15.3. The van der Waals surface area contributed by atoms with E-state index in [1.807, 2.05) is 0 Å². The number of rotatable bonds is 2. The van der Waals surface area contributed by atoms with Crippen LogP contribution in [0.25, 0.3) is 6.08 Å². The summed E-state index contributed by atoms with van der Waals surface area (Å²) in [7, 11) is 0. The van der Waals surface area contributed by atoms with Crippen molar-refractivity contribution in [3.63, 3.8) is 0 Å². The maximum Gasteiger partial charge on any atom is 0.348 e. The molecular formula is C17H16O6. The van der Waals surface area contributed by atoms with Crippen molar-refractivity contribution in [1.82, 2.24) is 0 Å². The summed E-state index contributed by atoms with van der Waals surface area (Å²) in [5, 5.41) is 0. The lowest BCUT2D eigenvalue weighted by atomic mass is 10.1. The summed E-state index contributed by atoms with van der Waals surface area (Å²) in [5.41, 5.74) is 0.373. The number of ether oxygens (including phenoxy) is 3. The molecule has 1 saturated heterocycles. The van der Waals surface area contributed by atoms with Crippen LogP contribution in [0.4, 0.5) is 0 Å². The van der Waals surface area contributed by atoms with Crippen LogP contribution in [0.2, 0.25) is 0 Å². The van der Waals surface area contributed by atoms with Crippen molar-refractivity contribution in [3.8, 4) is 5.75 Å². The molecule has 0 atom stereocenters. The van der Waals surface area contributed by atoms with E-state index in [-0.39, 0.29) is 5.57 Å². The van der Waals surface area contributed by atoms with Gasteiger partial charge in [-0.2, -0.15) is 0 Å². The van der Waals surface area contributed by atoms with Crippen molar-refractivity contribution in [2.75, 3.05) is 0 Å². The molecule has 1 saturated carbocycles. The molecule has 1 heterocycles. The SMILES string of the molecule is CC(=O)Oc1cccc(C=C2C(=O)OC3(CCCC3)OC2=O)c1. The van der Waals surface area contributed by atoms with Gasteiger partial charge in [0.15, 0.2) is 0 Å². The van der Waals surface area contributed by atoms with Gasteiger partial charge in [0.25, 0.3) is 5.79 Å². The second-order valence-electron chi connectivity index (χ2n) is 5.62. The first-order chi connectivity index (χ1) is 11.0. The van der Waals surface area contributed by atoms with Gasteiger partial charge in [-0.05, 0) is 36.6 Å². The molecule has 23 heavy (non-hydrogen) atoms. The molecule has 0 aromatic heterocycles. The molecular weight excluding hydrogens is 300 g/mol. The molecule has 0 radical (unpaired) electrons. The monoisotopic (exact) mass is 316 g/mol. The Bertz CT molecular complexity index is 675. The van der Waals surface area contributed by atoms with Crippen molar-refractivity contribution < 1.29 is 28.6 Å². The molecule has 0 unspecified atom stereocenters. The highest BCUT2D eigenvalue weighted by atomic mass is 16.7. The van der Waals surface area contributed by atoms with E-state index in [0.29, 0.717) is 24.2 Å². The third-order valence-corrected chi connectivity index (χ3v) is 3.79. The number of carbonyl (C=O) groups is 3. The van der Waals surface area contributed by atoms with Crippen LogP contribution in [-0.4, -0.2) is 23.7 Å². The summed E-state index contributed by atoms with van der Waals surface area (Å²) in [6.07, 6.45) is 4.19. The van der Waals surface area contributed by atoms with Crippen LogP contribution >= 0.6 is 0 Å². The lowest BCUT2D eigenvalue weighted by molar-refractivity contribution is -0.232. The molecule has 2 aliphatic rings. The van der Waals surface area contributed by atoms with Crippen molar-refractivity contribution in [2.24, 2.45) is 0 Å². The number of carbonyl (C=O) groups excluding carboxylic acids is 3. The van der Waals surface area contributed by atoms with Crippen LogP contribution in [0, 0.1) is 0 Å². The molecule has 6 heteroatoms. The van der Waals surface area contributed by atoms with Gasteiger partial charge in [-0.15, -0.1) is 0 Å². The second kappa shape index (κ2) is 5.87. The van der Waals surface area contributed by atoms with Gasteiger partial charge in [-0.25, -0.2) is 9.59 Å². The average molecular weight is 316 g/mol. The van der Waals surface area contributed by atoms with E-state index < -0.39 is 23.7 Å². The molecule has 0 bridgehead atoms. The zero-order valence-corrected chi connectivity index (χ0v) is 12.7. The van der Waals surface area contributed by atoms with Gasteiger partial charge in [0.2, 0.25) is 0 Å². The Kier molecular flexibility index (Phi) is 3.90. The number of esters is 3. The number of hydrogen-bond acceptors (Lipinski definition) is 6. The van der Waals surface area contributed by atoms with Crippen LogP contribution in [-0.2, 0) is 23.9 Å². The van der Waals surface area contributed by atoms with Crippen LogP contribution in [0.15, 0.2) is 29.8 Å². The third kappa shape index (κ3) is 3.26. The highest BCUT2D eigenvalue weighted by Crippen LogP contribution is 2.38. The van der Waals surface area contributed by atoms with Crippen molar-refractivity contribution >= 4 is 24.0 Å². The largest absolute Gasteiger partial charge is 0.427 e. The second-order valence-corrected chi connectivity index (χ2v) is 5.62. The van der Waals surface area contributed by atoms with E-state index in [1.54, 1.807) is 24.3 Å². The molecule has 0 amide bonds. The lowest BCUT2D eigenvalue weighted by Crippen LogP contribution is -2.44. The number of benzene rings is 1. The van der Waals surface area contributed by atoms with E-state index >= 15 is 0 Å². The fourth-order valence-electron chi connectivity index (χ4n) is 2.79. The molecule has 120 valence electrons. The van der Waals surface area contributed by atoms with E-state index in [4.69, 9.17) is 14.2 Å². The Morgan fingerprint density at radius 2 is 1.83 bits per heavy atom. The van der Waals surface area contributed by atoms with Crippen LogP contribution in [0.3, 0.4) is 0 Å². The quantitative estimate of drug-likeness (QED) is 0.361. The Balaban J connectivity index is 1.83. The normalized spacial score (nSPS) is 19.3. The minimum atomic E-state index is -1.08. The number of hydrogen-bond donors (Lipinski definition) is 0. The topological polar surface area (TPSA) is 78.9 Å². The summed E-state index contributed by atoms with van der Waals surface area (Å²) < 4.78 is 15.7. The van der Waals surface area contributed by atoms with Gasteiger partial charge in [0, 0.05) is 19.8 Å². The highest BCUT2D eigenvalue weighted by molar-refractivity contribution is 6.18. The molecule has 0 N–H and O–H groups in total. The molecule has 6 nitrogen and oxygen atoms in total. The van der Waals surface area contributed by atoms with Crippen molar-refractivity contribution in [3.05, 3.63) is 35.4 Å². The first-order valence-corrected chi connectivity index (χ1v) is 7.44. The summed E-state index contributed by atoms with van der Waals surface area (Å²) in [4.78, 5) is 35.3. The van der Waals surface area contributed by atoms with Crippen LogP contribution in [0.1, 0.15) is 38.2 Å². The van der Waals surface area contributed by atoms with Gasteiger partial charge in [-0.1, -0.05) is 12.1 Å². The maximum atomic E-state index is 12.2. The Morgan fingerprint density at radius 3 is 2.43 bits per heavy atom. The molecule has 1 aromatic carbocycles. The van der Waals surface area contributed by atoms with Gasteiger partial charge in [-0.3, -0.25) is 4.79 Å². The van der Waals surface area contributed by atoms with E-state index in [9.17, 15) is 14.4 Å². The Hall–Kier alpha value is -2.63. The van der Waals surface area contributed by atoms with Crippen molar-refractivity contribution in [1.29, 1.82) is 0 Å². The highest BCUT2D eigenvalue weighted by Gasteiger charge is 2.47. The fraction of sp³-hybridized carbons (Fsp3) is 0.353. The predicted molar refractivity (Wildman–Crippen MR) is 79.1 cm³/mol. The maximum absolute atomic E-state index is 12.2. The molecule has 1 aliphatic heterocycles. The summed E-state index contributed by atoms with van der Waals surface area (Å²) in [6.45, 7) is 1.29. The van der Waals surface area contributed by atoms with Gasteiger partial charge in [0.05, 0.1) is 0 Å². The van der Waals surface area contributed by atoms with Crippen LogP contribution < -0.4 is 4.74 Å². The Labute approximate surface area is 133 Å². The minimum Gasteiger partial charge on any atom is -0.427 e. The van der Waals surface area contributed by atoms with Gasteiger partial charge in [0.1, 0.15) is 11.3 Å². The van der Waals surface area contributed by atoms with E-state index in [0.717, 1.165) is 12.8 Å². The first-order valence-electron chi connectivity index (χ1n) is 7.44. The zero-order chi connectivity index (χ0) is 16.4. The summed E-state index contributed by atoms with van der Waals surface area (Å²) in [6, 6.07) is 6.49. The van der Waals surface area contributed by atoms with E-state index in [1.165, 1.54) is 13.0 Å². The molecule has 2 fully saturated rings. The van der Waals surface area contributed by atoms with E-state index in [2.05, 4.69) is 0 Å². The molecule has 1 spiro atoms. The lowest BCUT2D eigenvalue weighted by Gasteiger charge is -2.32. The molecule has 1 aliphatic carbocycles. The average Bonchev–Trinajstić information content (AvgIpc) is 2.90. The Morgan fingerprint density at radius 1 is 1.17 bits per heavy atom. The summed E-state index contributed by atoms with van der Waals surface area (Å²) in [5.74, 6) is -2.56. The minimum absolute atomic E-state index is 0.164. The fourth-order valence-corrected chi connectivity index (χ4v) is 2.79. The summed E-state index contributed by atoms with van der Waals surface area (Å²) >= 11 is 0. The zero-order valence-electron chi connectivity index (χ0n) is 12.7.